The fourth-order valence-corrected chi connectivity index (χ4v) is 2.83. The van der Waals surface area contributed by atoms with Gasteiger partial charge in [0.25, 0.3) is 0 Å². The van der Waals surface area contributed by atoms with Crippen molar-refractivity contribution in [3.63, 3.8) is 0 Å². The van der Waals surface area contributed by atoms with Gasteiger partial charge in [0.05, 0.1) is 11.7 Å². The van der Waals surface area contributed by atoms with Gasteiger partial charge < -0.3 is 4.74 Å². The molecule has 0 amide bonds. The van der Waals surface area contributed by atoms with E-state index in [-0.39, 0.29) is 11.0 Å². The normalized spacial score (nSPS) is 40.8. The Morgan fingerprint density at radius 1 is 1.50 bits per heavy atom. The summed E-state index contributed by atoms with van der Waals surface area (Å²) in [6.07, 6.45) is 8.14. The molecule has 0 radical (unpaired) electrons. The molecule has 1 fully saturated rings. The maximum Gasteiger partial charge on any atom is 0.0983 e. The van der Waals surface area contributed by atoms with Crippen LogP contribution in [0.3, 0.4) is 0 Å². The quantitative estimate of drug-likeness (QED) is 0.571. The highest BCUT2D eigenvalue weighted by atomic mass is 16.5. The molecular weight excluding hydrogens is 172 g/mol. The molecule has 1 nitrogen and oxygen atoms in total. The minimum Gasteiger partial charge on any atom is -0.367 e. The van der Waals surface area contributed by atoms with Crippen LogP contribution in [0, 0.1) is 5.41 Å². The van der Waals surface area contributed by atoms with Crippen molar-refractivity contribution in [1.82, 2.24) is 0 Å². The number of ether oxygens (including phenoxy) is 1. The lowest BCUT2D eigenvalue weighted by molar-refractivity contribution is -0.0828. The fourth-order valence-electron chi connectivity index (χ4n) is 2.83. The number of hydrogen-bond donors (Lipinski definition) is 0. The minimum atomic E-state index is -0.0822. The minimum absolute atomic E-state index is 0.0822. The van der Waals surface area contributed by atoms with Gasteiger partial charge in [0.15, 0.2) is 0 Å². The van der Waals surface area contributed by atoms with Crippen LogP contribution in [0.15, 0.2) is 24.3 Å². The molecule has 0 aromatic heterocycles. The van der Waals surface area contributed by atoms with E-state index >= 15 is 0 Å². The molecule has 1 spiro atoms. The average molecular weight is 192 g/mol. The molecular formula is C13H20O. The molecule has 0 N–H and O–H groups in total. The van der Waals surface area contributed by atoms with Crippen LogP contribution in [0.1, 0.15) is 40.0 Å². The highest BCUT2D eigenvalue weighted by molar-refractivity contribution is 5.34. The summed E-state index contributed by atoms with van der Waals surface area (Å²) in [6.45, 7) is 10.9. The Kier molecular flexibility index (Phi) is 2.11. The molecule has 2 atom stereocenters. The van der Waals surface area contributed by atoms with Gasteiger partial charge in [-0.25, -0.2) is 0 Å². The van der Waals surface area contributed by atoms with Crippen LogP contribution in [-0.2, 0) is 4.74 Å². The van der Waals surface area contributed by atoms with Gasteiger partial charge in [-0.05, 0) is 31.8 Å². The van der Waals surface area contributed by atoms with E-state index in [1.807, 2.05) is 0 Å². The van der Waals surface area contributed by atoms with Crippen LogP contribution >= 0.6 is 0 Å². The summed E-state index contributed by atoms with van der Waals surface area (Å²) in [6, 6.07) is 0. The molecule has 14 heavy (non-hydrogen) atoms. The monoisotopic (exact) mass is 192 g/mol. The molecule has 1 aliphatic carbocycles. The van der Waals surface area contributed by atoms with Gasteiger partial charge in [0, 0.05) is 5.41 Å². The van der Waals surface area contributed by atoms with Gasteiger partial charge in [0.1, 0.15) is 0 Å². The SMILES string of the molecule is C=C1C=CCC(C)(C)[C@]12CC[C@@H](C)O2. The molecule has 0 unspecified atom stereocenters. The van der Waals surface area contributed by atoms with E-state index in [0.29, 0.717) is 6.10 Å². The van der Waals surface area contributed by atoms with Crippen molar-refractivity contribution >= 4 is 0 Å². The Morgan fingerprint density at radius 2 is 2.21 bits per heavy atom. The van der Waals surface area contributed by atoms with Crippen LogP contribution in [0.5, 0.6) is 0 Å². The lowest BCUT2D eigenvalue weighted by Crippen LogP contribution is -2.47. The third-order valence-electron chi connectivity index (χ3n) is 3.86. The van der Waals surface area contributed by atoms with Gasteiger partial charge in [-0.3, -0.25) is 0 Å². The van der Waals surface area contributed by atoms with E-state index in [0.717, 1.165) is 24.8 Å². The molecule has 78 valence electrons. The maximum absolute atomic E-state index is 6.17. The first-order valence-corrected chi connectivity index (χ1v) is 5.52. The van der Waals surface area contributed by atoms with E-state index < -0.39 is 0 Å². The van der Waals surface area contributed by atoms with Gasteiger partial charge in [-0.1, -0.05) is 32.6 Å². The molecule has 2 aliphatic rings. The molecule has 1 aliphatic heterocycles. The van der Waals surface area contributed by atoms with Gasteiger partial charge >= 0.3 is 0 Å². The van der Waals surface area contributed by atoms with Crippen LogP contribution < -0.4 is 0 Å². The van der Waals surface area contributed by atoms with E-state index in [9.17, 15) is 0 Å². The summed E-state index contributed by atoms with van der Waals surface area (Å²) < 4.78 is 6.17. The lowest BCUT2D eigenvalue weighted by atomic mass is 9.65. The summed E-state index contributed by atoms with van der Waals surface area (Å²) in [5.41, 5.74) is 1.28. The summed E-state index contributed by atoms with van der Waals surface area (Å²) in [5.74, 6) is 0. The Bertz CT molecular complexity index is 288. The summed E-state index contributed by atoms with van der Waals surface area (Å²) in [4.78, 5) is 0. The highest BCUT2D eigenvalue weighted by Crippen LogP contribution is 2.52. The van der Waals surface area contributed by atoms with Crippen LogP contribution in [-0.4, -0.2) is 11.7 Å². The van der Waals surface area contributed by atoms with E-state index in [4.69, 9.17) is 4.74 Å². The zero-order chi connectivity index (χ0) is 10.4. The molecule has 1 heteroatoms. The van der Waals surface area contributed by atoms with Crippen LogP contribution in [0.2, 0.25) is 0 Å². The molecule has 1 saturated heterocycles. The predicted octanol–water partition coefficient (Wildman–Crippen LogP) is 3.47. The second-order valence-corrected chi connectivity index (χ2v) is 5.31. The molecule has 1 heterocycles. The van der Waals surface area contributed by atoms with Gasteiger partial charge in [0.2, 0.25) is 0 Å². The first-order chi connectivity index (χ1) is 6.48. The summed E-state index contributed by atoms with van der Waals surface area (Å²) in [5, 5.41) is 0. The zero-order valence-electron chi connectivity index (χ0n) is 9.47. The molecule has 0 aromatic rings. The third-order valence-corrected chi connectivity index (χ3v) is 3.86. The predicted molar refractivity (Wildman–Crippen MR) is 59.2 cm³/mol. The van der Waals surface area contributed by atoms with Crippen molar-refractivity contribution in [2.75, 3.05) is 0 Å². The van der Waals surface area contributed by atoms with E-state index in [1.165, 1.54) is 0 Å². The Balaban J connectivity index is 2.39. The smallest absolute Gasteiger partial charge is 0.0983 e. The fraction of sp³-hybridized carbons (Fsp3) is 0.692. The first kappa shape index (κ1) is 9.97. The van der Waals surface area contributed by atoms with Crippen molar-refractivity contribution in [3.05, 3.63) is 24.3 Å². The van der Waals surface area contributed by atoms with Gasteiger partial charge in [-0.15, -0.1) is 0 Å². The molecule has 0 bridgehead atoms. The molecule has 0 saturated carbocycles. The third kappa shape index (κ3) is 1.18. The molecule has 0 aromatic carbocycles. The van der Waals surface area contributed by atoms with Crippen molar-refractivity contribution < 1.29 is 4.74 Å². The summed E-state index contributed by atoms with van der Waals surface area (Å²) in [7, 11) is 0. The maximum atomic E-state index is 6.17. The number of rotatable bonds is 0. The first-order valence-electron chi connectivity index (χ1n) is 5.52. The van der Waals surface area contributed by atoms with Crippen LogP contribution in [0.25, 0.3) is 0 Å². The standard InChI is InChI=1S/C13H20O/c1-10-6-5-8-12(3,4)13(10)9-7-11(2)14-13/h5-6,11H,1,7-9H2,2-4H3/t11-,13+/m1/s1. The lowest BCUT2D eigenvalue weighted by Gasteiger charge is -2.46. The Labute approximate surface area is 86.8 Å². The largest absolute Gasteiger partial charge is 0.367 e. The Morgan fingerprint density at radius 3 is 2.71 bits per heavy atom. The van der Waals surface area contributed by atoms with Crippen molar-refractivity contribution in [2.24, 2.45) is 5.41 Å². The van der Waals surface area contributed by atoms with Crippen molar-refractivity contribution in [2.45, 2.75) is 51.7 Å². The van der Waals surface area contributed by atoms with E-state index in [1.54, 1.807) is 0 Å². The van der Waals surface area contributed by atoms with Gasteiger partial charge in [-0.2, -0.15) is 0 Å². The van der Waals surface area contributed by atoms with E-state index in [2.05, 4.69) is 39.5 Å². The Hall–Kier alpha value is -0.560. The van der Waals surface area contributed by atoms with Crippen molar-refractivity contribution in [3.8, 4) is 0 Å². The summed E-state index contributed by atoms with van der Waals surface area (Å²) >= 11 is 0. The topological polar surface area (TPSA) is 9.23 Å². The second-order valence-electron chi connectivity index (χ2n) is 5.31. The molecule has 2 rings (SSSR count). The number of allylic oxidation sites excluding steroid dienone is 1. The van der Waals surface area contributed by atoms with Crippen LogP contribution in [0.4, 0.5) is 0 Å². The average Bonchev–Trinajstić information content (AvgIpc) is 2.46. The number of hydrogen-bond acceptors (Lipinski definition) is 1. The second kappa shape index (κ2) is 2.96. The zero-order valence-corrected chi connectivity index (χ0v) is 9.47. The van der Waals surface area contributed by atoms with Crippen molar-refractivity contribution in [1.29, 1.82) is 0 Å². The highest BCUT2D eigenvalue weighted by Gasteiger charge is 2.52.